The van der Waals surface area contributed by atoms with E-state index in [0.717, 1.165) is 17.8 Å². The number of nitrogens with one attached hydrogen (secondary N) is 1. The van der Waals surface area contributed by atoms with Gasteiger partial charge in [0.25, 0.3) is 5.56 Å². The highest BCUT2D eigenvalue weighted by Crippen LogP contribution is 2.19. The molecule has 2 aromatic rings. The molecule has 0 atom stereocenters. The van der Waals surface area contributed by atoms with Gasteiger partial charge < -0.3 is 4.98 Å². The van der Waals surface area contributed by atoms with Crippen molar-refractivity contribution in [2.24, 2.45) is 0 Å². The normalized spacial score (nSPS) is 11.2. The summed E-state index contributed by atoms with van der Waals surface area (Å²) in [5.74, 6) is 0.906. The first kappa shape index (κ1) is 12.5. The second-order valence-corrected chi connectivity index (χ2v) is 4.66. The summed E-state index contributed by atoms with van der Waals surface area (Å²) in [7, 11) is 0. The third-order valence-electron chi connectivity index (χ3n) is 2.95. The van der Waals surface area contributed by atoms with Crippen molar-refractivity contribution < 1.29 is 0 Å². The van der Waals surface area contributed by atoms with Gasteiger partial charge >= 0.3 is 0 Å². The molecule has 2 rings (SSSR count). The third-order valence-corrected chi connectivity index (χ3v) is 2.95. The molecule has 0 saturated carbocycles. The Morgan fingerprint density at radius 3 is 2.72 bits per heavy atom. The molecule has 5 heteroatoms. The van der Waals surface area contributed by atoms with Crippen molar-refractivity contribution in [2.45, 2.75) is 40.2 Å². The fourth-order valence-electron chi connectivity index (χ4n) is 1.76. The Bertz CT molecular complexity index is 610. The van der Waals surface area contributed by atoms with Crippen LogP contribution < -0.4 is 5.56 Å². The van der Waals surface area contributed by atoms with E-state index in [-0.39, 0.29) is 11.5 Å². The van der Waals surface area contributed by atoms with Crippen LogP contribution in [0.1, 0.15) is 38.1 Å². The molecular formula is C13H18N4O. The molecule has 0 spiro atoms. The van der Waals surface area contributed by atoms with E-state index in [4.69, 9.17) is 0 Å². The minimum absolute atomic E-state index is 0.0760. The van der Waals surface area contributed by atoms with Crippen LogP contribution in [0.25, 0.3) is 11.3 Å². The van der Waals surface area contributed by atoms with Crippen molar-refractivity contribution in [2.75, 3.05) is 0 Å². The van der Waals surface area contributed by atoms with Crippen molar-refractivity contribution in [1.29, 1.82) is 0 Å². The predicted octanol–water partition coefficient (Wildman–Crippen LogP) is 2.09. The largest absolute Gasteiger partial charge is 0.310 e. The van der Waals surface area contributed by atoms with Gasteiger partial charge in [0.05, 0.1) is 11.9 Å². The fourth-order valence-corrected chi connectivity index (χ4v) is 1.76. The Kier molecular flexibility index (Phi) is 3.32. The first-order valence-electron chi connectivity index (χ1n) is 6.16. The lowest BCUT2D eigenvalue weighted by Gasteiger charge is -2.08. The van der Waals surface area contributed by atoms with Gasteiger partial charge in [0.2, 0.25) is 0 Å². The zero-order chi connectivity index (χ0) is 13.3. The van der Waals surface area contributed by atoms with E-state index in [1.165, 1.54) is 0 Å². The molecule has 18 heavy (non-hydrogen) atoms. The molecule has 1 N–H and O–H groups in total. The average Bonchev–Trinajstić information content (AvgIpc) is 2.80. The van der Waals surface area contributed by atoms with Crippen LogP contribution in [-0.2, 0) is 6.54 Å². The number of nitrogens with zero attached hydrogens (tertiary/aromatic N) is 3. The summed E-state index contributed by atoms with van der Waals surface area (Å²) in [4.78, 5) is 19.2. The molecule has 0 fully saturated rings. The maximum atomic E-state index is 11.9. The number of hydrogen-bond acceptors (Lipinski definition) is 3. The van der Waals surface area contributed by atoms with E-state index in [9.17, 15) is 4.79 Å². The lowest BCUT2D eigenvalue weighted by atomic mass is 10.1. The first-order valence-corrected chi connectivity index (χ1v) is 6.16. The second-order valence-electron chi connectivity index (χ2n) is 4.66. The molecule has 2 heterocycles. The van der Waals surface area contributed by atoms with E-state index in [1.54, 1.807) is 13.1 Å². The summed E-state index contributed by atoms with van der Waals surface area (Å²) in [5.41, 5.74) is 2.17. The second kappa shape index (κ2) is 4.76. The molecule has 0 unspecified atom stereocenters. The Morgan fingerprint density at radius 1 is 1.44 bits per heavy atom. The summed E-state index contributed by atoms with van der Waals surface area (Å²) in [6.45, 7) is 8.63. The van der Waals surface area contributed by atoms with Crippen LogP contribution in [0.15, 0.2) is 17.2 Å². The lowest BCUT2D eigenvalue weighted by molar-refractivity contribution is 0.660. The molecule has 2 aromatic heterocycles. The SMILES string of the molecule is CCn1cc(-c2nc(C(C)C)[nH]c(=O)c2C)cn1. The molecule has 0 radical (unpaired) electrons. The van der Waals surface area contributed by atoms with Crippen LogP contribution >= 0.6 is 0 Å². The van der Waals surface area contributed by atoms with Gasteiger partial charge in [-0.2, -0.15) is 5.10 Å². The highest BCUT2D eigenvalue weighted by Gasteiger charge is 2.13. The summed E-state index contributed by atoms with van der Waals surface area (Å²) < 4.78 is 1.83. The molecule has 0 aliphatic heterocycles. The molecule has 96 valence electrons. The fraction of sp³-hybridized carbons (Fsp3) is 0.462. The van der Waals surface area contributed by atoms with Crippen LogP contribution in [0, 0.1) is 6.92 Å². The minimum atomic E-state index is -0.0760. The number of aromatic amines is 1. The lowest BCUT2D eigenvalue weighted by Crippen LogP contribution is -2.16. The summed E-state index contributed by atoms with van der Waals surface area (Å²) in [5, 5.41) is 4.22. The molecule has 0 aliphatic rings. The van der Waals surface area contributed by atoms with E-state index >= 15 is 0 Å². The van der Waals surface area contributed by atoms with E-state index < -0.39 is 0 Å². The molecular weight excluding hydrogens is 228 g/mol. The Balaban J connectivity index is 2.59. The molecule has 0 amide bonds. The highest BCUT2D eigenvalue weighted by atomic mass is 16.1. The van der Waals surface area contributed by atoms with E-state index in [1.807, 2.05) is 31.6 Å². The predicted molar refractivity (Wildman–Crippen MR) is 70.6 cm³/mol. The topological polar surface area (TPSA) is 63.6 Å². The van der Waals surface area contributed by atoms with Crippen LogP contribution in [0.5, 0.6) is 0 Å². The van der Waals surface area contributed by atoms with E-state index in [2.05, 4.69) is 15.1 Å². The number of rotatable bonds is 3. The van der Waals surface area contributed by atoms with Gasteiger partial charge in [-0.1, -0.05) is 13.8 Å². The van der Waals surface area contributed by atoms with Gasteiger partial charge in [0.15, 0.2) is 0 Å². The maximum absolute atomic E-state index is 11.9. The molecule has 0 aromatic carbocycles. The van der Waals surface area contributed by atoms with Gasteiger partial charge in [-0.25, -0.2) is 4.98 Å². The number of H-pyrrole nitrogens is 1. The van der Waals surface area contributed by atoms with Crippen molar-refractivity contribution in [1.82, 2.24) is 19.7 Å². The summed E-state index contributed by atoms with van der Waals surface area (Å²) in [6.07, 6.45) is 3.67. The van der Waals surface area contributed by atoms with Crippen LogP contribution in [0.3, 0.4) is 0 Å². The summed E-state index contributed by atoms with van der Waals surface area (Å²) >= 11 is 0. The number of hydrogen-bond donors (Lipinski definition) is 1. The quantitative estimate of drug-likeness (QED) is 0.901. The van der Waals surface area contributed by atoms with Gasteiger partial charge in [0.1, 0.15) is 5.82 Å². The zero-order valence-corrected chi connectivity index (χ0v) is 11.2. The third kappa shape index (κ3) is 2.20. The molecule has 5 nitrogen and oxygen atoms in total. The summed E-state index contributed by atoms with van der Waals surface area (Å²) in [6, 6.07) is 0. The van der Waals surface area contributed by atoms with Gasteiger partial charge in [-0.15, -0.1) is 0 Å². The van der Waals surface area contributed by atoms with Crippen molar-refractivity contribution in [3.8, 4) is 11.3 Å². The Hall–Kier alpha value is -1.91. The highest BCUT2D eigenvalue weighted by molar-refractivity contribution is 5.60. The monoisotopic (exact) mass is 246 g/mol. The van der Waals surface area contributed by atoms with Gasteiger partial charge in [-0.05, 0) is 13.8 Å². The van der Waals surface area contributed by atoms with Crippen molar-refractivity contribution in [3.63, 3.8) is 0 Å². The van der Waals surface area contributed by atoms with Crippen LogP contribution in [-0.4, -0.2) is 19.7 Å². The van der Waals surface area contributed by atoms with Crippen molar-refractivity contribution >= 4 is 0 Å². The Morgan fingerprint density at radius 2 is 2.17 bits per heavy atom. The molecule has 0 bridgehead atoms. The first-order chi connectivity index (χ1) is 8.52. The average molecular weight is 246 g/mol. The maximum Gasteiger partial charge on any atom is 0.254 e. The van der Waals surface area contributed by atoms with Gasteiger partial charge in [-0.3, -0.25) is 9.48 Å². The number of aromatic nitrogens is 4. The smallest absolute Gasteiger partial charge is 0.254 e. The minimum Gasteiger partial charge on any atom is -0.310 e. The molecule has 0 aliphatic carbocycles. The van der Waals surface area contributed by atoms with Crippen molar-refractivity contribution in [3.05, 3.63) is 34.1 Å². The Labute approximate surface area is 106 Å². The number of aryl methyl sites for hydroxylation is 1. The standard InChI is InChI=1S/C13H18N4O/c1-5-17-7-10(6-14-17)11-9(4)13(18)16-12(15-11)8(2)3/h6-8H,5H2,1-4H3,(H,15,16,18). The van der Waals surface area contributed by atoms with E-state index in [0.29, 0.717) is 11.4 Å². The zero-order valence-electron chi connectivity index (χ0n) is 11.2. The van der Waals surface area contributed by atoms with Gasteiger partial charge in [0, 0.05) is 29.8 Å². The van der Waals surface area contributed by atoms with Crippen LogP contribution in [0.4, 0.5) is 0 Å². The van der Waals surface area contributed by atoms with Crippen LogP contribution in [0.2, 0.25) is 0 Å². The molecule has 0 saturated heterocycles.